The molecule has 0 amide bonds. The molecule has 1 N–H and O–H groups in total. The average Bonchev–Trinajstić information content (AvgIpc) is 2.48. The normalized spacial score (nSPS) is 19.4. The highest BCUT2D eigenvalue weighted by molar-refractivity contribution is 9.10. The highest BCUT2D eigenvalue weighted by atomic mass is 79.9. The van der Waals surface area contributed by atoms with E-state index in [9.17, 15) is 4.79 Å². The van der Waals surface area contributed by atoms with Crippen LogP contribution in [0.25, 0.3) is 0 Å². The van der Waals surface area contributed by atoms with Gasteiger partial charge in [-0.05, 0) is 62.1 Å². The Morgan fingerprint density at radius 2 is 2.30 bits per heavy atom. The van der Waals surface area contributed by atoms with Gasteiger partial charge >= 0.3 is 0 Å². The van der Waals surface area contributed by atoms with E-state index in [-0.39, 0.29) is 5.56 Å². The van der Waals surface area contributed by atoms with Crippen molar-refractivity contribution in [3.63, 3.8) is 0 Å². The van der Waals surface area contributed by atoms with Gasteiger partial charge in [0.25, 0.3) is 5.56 Å². The molecular formula is C14H23BrN4O. The maximum absolute atomic E-state index is 12.2. The molecule has 112 valence electrons. The largest absolute Gasteiger partial charge is 0.366 e. The molecule has 1 aliphatic rings. The Hall–Kier alpha value is -0.880. The fraction of sp³-hybridized carbons (Fsp3) is 0.714. The Morgan fingerprint density at radius 1 is 1.50 bits per heavy atom. The van der Waals surface area contributed by atoms with Gasteiger partial charge in [-0.3, -0.25) is 4.79 Å². The first kappa shape index (κ1) is 15.5. The van der Waals surface area contributed by atoms with E-state index >= 15 is 0 Å². The second-order valence-electron chi connectivity index (χ2n) is 5.20. The third-order valence-electron chi connectivity index (χ3n) is 3.93. The minimum atomic E-state index is -0.0389. The average molecular weight is 343 g/mol. The zero-order valence-electron chi connectivity index (χ0n) is 12.2. The number of hydrogen-bond donors (Lipinski definition) is 1. The van der Waals surface area contributed by atoms with Gasteiger partial charge in [0.2, 0.25) is 0 Å². The highest BCUT2D eigenvalue weighted by Gasteiger charge is 2.25. The second-order valence-corrected chi connectivity index (χ2v) is 5.99. The SMILES string of the molecule is CCn1ncc(N2CCCCC2CCNC)c(Br)c1=O. The number of aromatic nitrogens is 2. The number of nitrogens with zero attached hydrogens (tertiary/aromatic N) is 3. The molecule has 0 aromatic carbocycles. The van der Waals surface area contributed by atoms with Crippen LogP contribution >= 0.6 is 15.9 Å². The standard InChI is InChI=1S/C14H23BrN4O/c1-3-19-14(20)13(15)12(10-17-19)18-9-5-4-6-11(18)7-8-16-2/h10-11,16H,3-9H2,1-2H3. The van der Waals surface area contributed by atoms with Crippen LogP contribution in [0.3, 0.4) is 0 Å². The predicted octanol–water partition coefficient (Wildman–Crippen LogP) is 1.99. The van der Waals surface area contributed by atoms with Crippen molar-refractivity contribution in [2.45, 2.75) is 45.2 Å². The van der Waals surface area contributed by atoms with E-state index in [1.165, 1.54) is 23.9 Å². The number of aryl methyl sites for hydroxylation is 1. The third kappa shape index (κ3) is 3.23. The van der Waals surface area contributed by atoms with E-state index in [0.29, 0.717) is 17.1 Å². The van der Waals surface area contributed by atoms with Crippen LogP contribution in [0.2, 0.25) is 0 Å². The van der Waals surface area contributed by atoms with E-state index < -0.39 is 0 Å². The predicted molar refractivity (Wildman–Crippen MR) is 85.4 cm³/mol. The fourth-order valence-corrected chi connectivity index (χ4v) is 3.35. The van der Waals surface area contributed by atoms with Crippen LogP contribution in [-0.4, -0.2) is 36.0 Å². The molecule has 1 aliphatic heterocycles. The summed E-state index contributed by atoms with van der Waals surface area (Å²) in [6, 6.07) is 0.492. The van der Waals surface area contributed by atoms with Crippen LogP contribution in [0.15, 0.2) is 15.5 Å². The first-order chi connectivity index (χ1) is 9.69. The fourth-order valence-electron chi connectivity index (χ4n) is 2.81. The van der Waals surface area contributed by atoms with Gasteiger partial charge in [0.1, 0.15) is 4.47 Å². The van der Waals surface area contributed by atoms with E-state index in [1.54, 1.807) is 0 Å². The summed E-state index contributed by atoms with van der Waals surface area (Å²) in [5.41, 5.74) is 0.906. The molecule has 1 unspecified atom stereocenters. The van der Waals surface area contributed by atoms with Gasteiger partial charge in [0.15, 0.2) is 0 Å². The second kappa shape index (κ2) is 7.22. The Bertz CT molecular complexity index is 502. The molecule has 2 rings (SSSR count). The van der Waals surface area contributed by atoms with Gasteiger partial charge in [-0.2, -0.15) is 5.10 Å². The summed E-state index contributed by atoms with van der Waals surface area (Å²) in [5, 5.41) is 7.48. The third-order valence-corrected chi connectivity index (χ3v) is 4.68. The number of halogens is 1. The monoisotopic (exact) mass is 342 g/mol. The number of anilines is 1. The zero-order chi connectivity index (χ0) is 14.5. The van der Waals surface area contributed by atoms with E-state index in [2.05, 4.69) is 31.2 Å². The number of hydrogen-bond acceptors (Lipinski definition) is 4. The summed E-state index contributed by atoms with van der Waals surface area (Å²) < 4.78 is 2.13. The Morgan fingerprint density at radius 3 is 3.00 bits per heavy atom. The van der Waals surface area contributed by atoms with Crippen LogP contribution in [0, 0.1) is 0 Å². The molecule has 0 saturated carbocycles. The summed E-state index contributed by atoms with van der Waals surface area (Å²) in [6.45, 7) is 4.53. The van der Waals surface area contributed by atoms with E-state index in [1.807, 2.05) is 20.2 Å². The molecule has 20 heavy (non-hydrogen) atoms. The molecular weight excluding hydrogens is 320 g/mol. The van der Waals surface area contributed by atoms with Gasteiger partial charge in [0, 0.05) is 19.1 Å². The van der Waals surface area contributed by atoms with Gasteiger partial charge in [-0.25, -0.2) is 4.68 Å². The number of rotatable bonds is 5. The number of piperidine rings is 1. The molecule has 1 aromatic heterocycles. The van der Waals surface area contributed by atoms with E-state index in [0.717, 1.165) is 25.2 Å². The topological polar surface area (TPSA) is 50.2 Å². The van der Waals surface area contributed by atoms with Crippen molar-refractivity contribution in [3.05, 3.63) is 21.0 Å². The minimum Gasteiger partial charge on any atom is -0.366 e. The first-order valence-electron chi connectivity index (χ1n) is 7.36. The maximum Gasteiger partial charge on any atom is 0.283 e. The van der Waals surface area contributed by atoms with Crippen molar-refractivity contribution in [1.29, 1.82) is 0 Å². The number of nitrogens with one attached hydrogen (secondary N) is 1. The minimum absolute atomic E-state index is 0.0389. The molecule has 1 aromatic rings. The van der Waals surface area contributed by atoms with Gasteiger partial charge in [-0.15, -0.1) is 0 Å². The van der Waals surface area contributed by atoms with Crippen molar-refractivity contribution in [2.75, 3.05) is 25.0 Å². The summed E-state index contributed by atoms with van der Waals surface area (Å²) >= 11 is 3.47. The van der Waals surface area contributed by atoms with Crippen molar-refractivity contribution in [1.82, 2.24) is 15.1 Å². The molecule has 1 fully saturated rings. The lowest BCUT2D eigenvalue weighted by atomic mass is 9.99. The van der Waals surface area contributed by atoms with Crippen molar-refractivity contribution in [2.24, 2.45) is 0 Å². The van der Waals surface area contributed by atoms with Crippen LogP contribution in [0.4, 0.5) is 5.69 Å². The van der Waals surface area contributed by atoms with Gasteiger partial charge in [0.05, 0.1) is 11.9 Å². The van der Waals surface area contributed by atoms with Crippen LogP contribution in [0.5, 0.6) is 0 Å². The molecule has 0 spiro atoms. The molecule has 6 heteroatoms. The maximum atomic E-state index is 12.2. The molecule has 0 radical (unpaired) electrons. The molecule has 0 bridgehead atoms. The van der Waals surface area contributed by atoms with Crippen LogP contribution in [0.1, 0.15) is 32.6 Å². The Labute approximate surface area is 128 Å². The summed E-state index contributed by atoms with van der Waals surface area (Å²) in [6.07, 6.45) is 6.55. The lowest BCUT2D eigenvalue weighted by molar-refractivity contribution is 0.431. The van der Waals surface area contributed by atoms with Gasteiger partial charge < -0.3 is 10.2 Å². The van der Waals surface area contributed by atoms with Crippen molar-refractivity contribution < 1.29 is 0 Å². The highest BCUT2D eigenvalue weighted by Crippen LogP contribution is 2.29. The van der Waals surface area contributed by atoms with Crippen LogP contribution in [-0.2, 0) is 6.54 Å². The first-order valence-corrected chi connectivity index (χ1v) is 8.15. The quantitative estimate of drug-likeness (QED) is 0.888. The lowest BCUT2D eigenvalue weighted by Crippen LogP contribution is -2.42. The summed E-state index contributed by atoms with van der Waals surface area (Å²) in [5.74, 6) is 0. The molecule has 1 atom stereocenters. The van der Waals surface area contributed by atoms with Crippen LogP contribution < -0.4 is 15.8 Å². The van der Waals surface area contributed by atoms with Crippen molar-refractivity contribution >= 4 is 21.6 Å². The Balaban J connectivity index is 2.28. The summed E-state index contributed by atoms with van der Waals surface area (Å²) in [4.78, 5) is 14.5. The molecule has 0 aliphatic carbocycles. The zero-order valence-corrected chi connectivity index (χ0v) is 13.8. The van der Waals surface area contributed by atoms with E-state index in [4.69, 9.17) is 0 Å². The smallest absolute Gasteiger partial charge is 0.283 e. The molecule has 5 nitrogen and oxygen atoms in total. The molecule has 1 saturated heterocycles. The molecule has 2 heterocycles. The lowest BCUT2D eigenvalue weighted by Gasteiger charge is -2.38. The van der Waals surface area contributed by atoms with Gasteiger partial charge in [-0.1, -0.05) is 0 Å². The Kier molecular flexibility index (Phi) is 5.60. The van der Waals surface area contributed by atoms with Crippen molar-refractivity contribution in [3.8, 4) is 0 Å². The summed E-state index contributed by atoms with van der Waals surface area (Å²) in [7, 11) is 1.98.